The van der Waals surface area contributed by atoms with Crippen molar-refractivity contribution in [2.45, 2.75) is 45.2 Å². The van der Waals surface area contributed by atoms with Gasteiger partial charge in [0.1, 0.15) is 0 Å². The molecular formula is C15H19F3O2. The first kappa shape index (κ1) is 16.5. The van der Waals surface area contributed by atoms with Gasteiger partial charge in [-0.1, -0.05) is 38.0 Å². The summed E-state index contributed by atoms with van der Waals surface area (Å²) < 4.78 is 37.7. The van der Waals surface area contributed by atoms with Crippen molar-refractivity contribution in [1.82, 2.24) is 0 Å². The minimum atomic E-state index is -4.30. The lowest BCUT2D eigenvalue weighted by molar-refractivity contribution is -0.138. The fraction of sp³-hybridized carbons (Fsp3) is 0.533. The van der Waals surface area contributed by atoms with Gasteiger partial charge in [-0.3, -0.25) is 4.79 Å². The molecule has 112 valence electrons. The summed E-state index contributed by atoms with van der Waals surface area (Å²) in [5.74, 6) is -0.567. The fourth-order valence-corrected chi connectivity index (χ4v) is 2.15. The zero-order valence-corrected chi connectivity index (χ0v) is 11.4. The minimum Gasteiger partial charge on any atom is -0.481 e. The average Bonchev–Trinajstić information content (AvgIpc) is 2.34. The van der Waals surface area contributed by atoms with Gasteiger partial charge in [0.05, 0.1) is 5.56 Å². The Morgan fingerprint density at radius 2 is 2.00 bits per heavy atom. The number of alkyl halides is 3. The van der Waals surface area contributed by atoms with Crippen LogP contribution in [0.25, 0.3) is 0 Å². The van der Waals surface area contributed by atoms with E-state index in [2.05, 4.69) is 0 Å². The Labute approximate surface area is 116 Å². The van der Waals surface area contributed by atoms with Crippen molar-refractivity contribution < 1.29 is 23.1 Å². The van der Waals surface area contributed by atoms with Crippen LogP contribution in [-0.4, -0.2) is 11.1 Å². The fourth-order valence-electron chi connectivity index (χ4n) is 2.15. The maximum Gasteiger partial charge on any atom is 0.416 e. The van der Waals surface area contributed by atoms with Crippen molar-refractivity contribution in [2.75, 3.05) is 0 Å². The number of rotatable bonds is 7. The molecule has 0 saturated heterocycles. The molecule has 0 aliphatic carbocycles. The second-order valence-electron chi connectivity index (χ2n) is 5.15. The first-order chi connectivity index (χ1) is 9.29. The Morgan fingerprint density at radius 3 is 2.60 bits per heavy atom. The number of halogens is 3. The maximum absolute atomic E-state index is 12.6. The largest absolute Gasteiger partial charge is 0.481 e. The van der Waals surface area contributed by atoms with E-state index in [-0.39, 0.29) is 12.3 Å². The molecule has 0 bridgehead atoms. The molecule has 0 amide bonds. The second-order valence-corrected chi connectivity index (χ2v) is 5.15. The van der Waals surface area contributed by atoms with Crippen LogP contribution >= 0.6 is 0 Å². The Morgan fingerprint density at radius 1 is 1.30 bits per heavy atom. The van der Waals surface area contributed by atoms with Crippen molar-refractivity contribution >= 4 is 5.97 Å². The highest BCUT2D eigenvalue weighted by Gasteiger charge is 2.30. The quantitative estimate of drug-likeness (QED) is 0.748. The molecule has 0 radical (unpaired) electrons. The molecule has 0 aliphatic heterocycles. The smallest absolute Gasteiger partial charge is 0.416 e. The molecule has 5 heteroatoms. The summed E-state index contributed by atoms with van der Waals surface area (Å²) >= 11 is 0. The summed E-state index contributed by atoms with van der Waals surface area (Å²) in [6.45, 7) is 1.97. The number of carboxylic acids is 1. The van der Waals surface area contributed by atoms with Gasteiger partial charge in [-0.25, -0.2) is 0 Å². The van der Waals surface area contributed by atoms with Crippen molar-refractivity contribution in [3.05, 3.63) is 35.4 Å². The highest BCUT2D eigenvalue weighted by Crippen LogP contribution is 2.30. The topological polar surface area (TPSA) is 37.3 Å². The highest BCUT2D eigenvalue weighted by atomic mass is 19.4. The highest BCUT2D eigenvalue weighted by molar-refractivity contribution is 5.66. The van der Waals surface area contributed by atoms with Crippen LogP contribution in [0.4, 0.5) is 13.2 Å². The van der Waals surface area contributed by atoms with E-state index in [4.69, 9.17) is 5.11 Å². The van der Waals surface area contributed by atoms with Crippen LogP contribution < -0.4 is 0 Å². The molecule has 0 aromatic heterocycles. The summed E-state index contributed by atoms with van der Waals surface area (Å²) in [5.41, 5.74) is 0.0543. The number of aliphatic carboxylic acids is 1. The van der Waals surface area contributed by atoms with E-state index in [0.29, 0.717) is 18.4 Å². The first-order valence-electron chi connectivity index (χ1n) is 6.67. The summed E-state index contributed by atoms with van der Waals surface area (Å²) in [7, 11) is 0. The third kappa shape index (κ3) is 6.08. The molecule has 0 heterocycles. The van der Waals surface area contributed by atoms with Gasteiger partial charge in [0.25, 0.3) is 0 Å². The number of carbonyl (C=O) groups is 1. The van der Waals surface area contributed by atoms with Gasteiger partial charge in [0.2, 0.25) is 0 Å². The third-order valence-corrected chi connectivity index (χ3v) is 3.18. The van der Waals surface area contributed by atoms with Gasteiger partial charge in [-0.05, 0) is 30.4 Å². The number of hydrogen-bond acceptors (Lipinski definition) is 1. The van der Waals surface area contributed by atoms with E-state index < -0.39 is 17.7 Å². The molecule has 1 aromatic carbocycles. The van der Waals surface area contributed by atoms with Crippen molar-refractivity contribution in [3.63, 3.8) is 0 Å². The lowest BCUT2D eigenvalue weighted by Gasteiger charge is -2.13. The number of benzene rings is 1. The van der Waals surface area contributed by atoms with Crippen molar-refractivity contribution in [2.24, 2.45) is 5.92 Å². The number of unbranched alkanes of at least 4 members (excludes halogenated alkanes) is 1. The van der Waals surface area contributed by atoms with Crippen LogP contribution in [0.5, 0.6) is 0 Å². The van der Waals surface area contributed by atoms with E-state index >= 15 is 0 Å². The molecule has 1 unspecified atom stereocenters. The van der Waals surface area contributed by atoms with Gasteiger partial charge in [-0.2, -0.15) is 13.2 Å². The van der Waals surface area contributed by atoms with Gasteiger partial charge in [0, 0.05) is 6.42 Å². The van der Waals surface area contributed by atoms with E-state index in [0.717, 1.165) is 18.9 Å². The van der Waals surface area contributed by atoms with Crippen molar-refractivity contribution in [3.8, 4) is 0 Å². The van der Waals surface area contributed by atoms with Crippen LogP contribution in [0.3, 0.4) is 0 Å². The lowest BCUT2D eigenvalue weighted by atomic mass is 9.94. The summed E-state index contributed by atoms with van der Waals surface area (Å²) in [6.07, 6.45) is -1.35. The molecule has 1 atom stereocenters. The molecule has 2 nitrogen and oxygen atoms in total. The van der Waals surface area contributed by atoms with E-state index in [1.807, 2.05) is 6.92 Å². The van der Waals surface area contributed by atoms with Crippen LogP contribution in [0.2, 0.25) is 0 Å². The van der Waals surface area contributed by atoms with E-state index in [9.17, 15) is 18.0 Å². The predicted octanol–water partition coefficient (Wildman–Crippen LogP) is 4.53. The zero-order chi connectivity index (χ0) is 15.2. The molecule has 0 aliphatic rings. The maximum atomic E-state index is 12.6. The lowest BCUT2D eigenvalue weighted by Crippen LogP contribution is -2.07. The van der Waals surface area contributed by atoms with E-state index in [1.54, 1.807) is 6.07 Å². The zero-order valence-electron chi connectivity index (χ0n) is 11.4. The standard InChI is InChI=1S/C15H19F3O2/c1-11(5-2-3-8-14(19)20)9-12-6-4-7-13(10-12)15(16,17)18/h4,6-7,10-11H,2-3,5,8-9H2,1H3,(H,19,20). The SMILES string of the molecule is CC(CCCCC(=O)O)Cc1cccc(C(F)(F)F)c1. The molecule has 20 heavy (non-hydrogen) atoms. The third-order valence-electron chi connectivity index (χ3n) is 3.18. The van der Waals surface area contributed by atoms with Gasteiger partial charge < -0.3 is 5.11 Å². The first-order valence-corrected chi connectivity index (χ1v) is 6.67. The molecule has 1 aromatic rings. The van der Waals surface area contributed by atoms with Crippen LogP contribution in [0, 0.1) is 5.92 Å². The summed E-state index contributed by atoms with van der Waals surface area (Å²) in [6, 6.07) is 5.38. The predicted molar refractivity (Wildman–Crippen MR) is 70.4 cm³/mol. The monoisotopic (exact) mass is 288 g/mol. The van der Waals surface area contributed by atoms with Crippen LogP contribution in [0.1, 0.15) is 43.7 Å². The summed E-state index contributed by atoms with van der Waals surface area (Å²) in [5, 5.41) is 8.51. The number of hydrogen-bond donors (Lipinski definition) is 1. The summed E-state index contributed by atoms with van der Waals surface area (Å²) in [4.78, 5) is 10.4. The Balaban J connectivity index is 2.46. The Bertz CT molecular complexity index is 441. The van der Waals surface area contributed by atoms with Crippen LogP contribution in [0.15, 0.2) is 24.3 Å². The minimum absolute atomic E-state index is 0.149. The molecule has 0 spiro atoms. The second kappa shape index (κ2) is 7.31. The molecule has 1 rings (SSSR count). The Hall–Kier alpha value is -1.52. The molecule has 0 fully saturated rings. The normalized spacial score (nSPS) is 13.2. The average molecular weight is 288 g/mol. The van der Waals surface area contributed by atoms with Gasteiger partial charge >= 0.3 is 12.1 Å². The van der Waals surface area contributed by atoms with Crippen molar-refractivity contribution in [1.29, 1.82) is 0 Å². The molecule has 1 N–H and O–H groups in total. The van der Waals surface area contributed by atoms with Crippen LogP contribution in [-0.2, 0) is 17.4 Å². The van der Waals surface area contributed by atoms with Gasteiger partial charge in [0.15, 0.2) is 0 Å². The molecular weight excluding hydrogens is 269 g/mol. The van der Waals surface area contributed by atoms with E-state index in [1.165, 1.54) is 12.1 Å². The molecule has 0 saturated carbocycles. The number of carboxylic acid groups (broad SMARTS) is 1. The van der Waals surface area contributed by atoms with Gasteiger partial charge in [-0.15, -0.1) is 0 Å². The Kier molecular flexibility index (Phi) is 6.05.